The van der Waals surface area contributed by atoms with Crippen LogP contribution in [0.3, 0.4) is 0 Å². The standard InChI is InChI=1S/C26H28N2O2/c1-2-19-8-13-24(27-18-19)25(28-16-14-23(15-17-28)26(29)30)22-11-9-21(10-12-22)20-6-4-3-5-7-20/h3-13,18,23,25H,2,14-17H2,1H3,(H,29,30). The molecule has 0 spiro atoms. The number of hydrogen-bond donors (Lipinski definition) is 1. The molecule has 2 heterocycles. The number of pyridine rings is 1. The highest BCUT2D eigenvalue weighted by molar-refractivity contribution is 5.70. The van der Waals surface area contributed by atoms with Crippen LogP contribution in [0.5, 0.6) is 0 Å². The molecule has 3 aromatic rings. The van der Waals surface area contributed by atoms with Crippen LogP contribution in [-0.2, 0) is 11.2 Å². The second kappa shape index (κ2) is 9.23. The maximum atomic E-state index is 11.4. The Morgan fingerprint density at radius 1 is 1.00 bits per heavy atom. The van der Waals surface area contributed by atoms with Crippen molar-refractivity contribution in [3.63, 3.8) is 0 Å². The van der Waals surface area contributed by atoms with Crippen LogP contribution in [0, 0.1) is 5.92 Å². The number of piperidine rings is 1. The van der Waals surface area contributed by atoms with Crippen LogP contribution in [0.25, 0.3) is 11.1 Å². The van der Waals surface area contributed by atoms with E-state index in [1.54, 1.807) is 0 Å². The van der Waals surface area contributed by atoms with E-state index in [2.05, 4.69) is 72.5 Å². The first-order valence-corrected chi connectivity index (χ1v) is 10.7. The van der Waals surface area contributed by atoms with E-state index < -0.39 is 5.97 Å². The maximum absolute atomic E-state index is 11.4. The van der Waals surface area contributed by atoms with Crippen LogP contribution in [-0.4, -0.2) is 34.0 Å². The molecule has 0 aliphatic carbocycles. The summed E-state index contributed by atoms with van der Waals surface area (Å²) in [5.41, 5.74) is 5.83. The number of likely N-dealkylation sites (tertiary alicyclic amines) is 1. The topological polar surface area (TPSA) is 53.4 Å². The number of carboxylic acids is 1. The molecular weight excluding hydrogens is 372 g/mol. The van der Waals surface area contributed by atoms with Crippen molar-refractivity contribution in [2.45, 2.75) is 32.2 Å². The zero-order valence-corrected chi connectivity index (χ0v) is 17.4. The van der Waals surface area contributed by atoms with Gasteiger partial charge in [0.05, 0.1) is 17.7 Å². The van der Waals surface area contributed by atoms with Crippen molar-refractivity contribution in [1.82, 2.24) is 9.88 Å². The van der Waals surface area contributed by atoms with Crippen molar-refractivity contribution in [3.05, 3.63) is 89.7 Å². The molecule has 154 valence electrons. The molecule has 1 aliphatic rings. The zero-order chi connectivity index (χ0) is 20.9. The summed E-state index contributed by atoms with van der Waals surface area (Å²) in [4.78, 5) is 18.5. The molecule has 4 heteroatoms. The molecule has 1 saturated heterocycles. The smallest absolute Gasteiger partial charge is 0.306 e. The minimum absolute atomic E-state index is 0.0375. The molecule has 1 aliphatic heterocycles. The van der Waals surface area contributed by atoms with Gasteiger partial charge in [-0.1, -0.05) is 67.6 Å². The Labute approximate surface area is 178 Å². The monoisotopic (exact) mass is 400 g/mol. The first-order valence-electron chi connectivity index (χ1n) is 10.7. The van der Waals surface area contributed by atoms with Gasteiger partial charge in [-0.3, -0.25) is 14.7 Å². The first-order chi connectivity index (χ1) is 14.7. The molecule has 0 bridgehead atoms. The van der Waals surface area contributed by atoms with E-state index in [0.717, 1.165) is 25.2 Å². The summed E-state index contributed by atoms with van der Waals surface area (Å²) < 4.78 is 0. The third kappa shape index (κ3) is 4.44. The molecule has 1 atom stereocenters. The number of carbonyl (C=O) groups is 1. The molecule has 0 saturated carbocycles. The molecule has 1 fully saturated rings. The normalized spacial score (nSPS) is 16.3. The maximum Gasteiger partial charge on any atom is 0.306 e. The number of benzene rings is 2. The predicted molar refractivity (Wildman–Crippen MR) is 119 cm³/mol. The lowest BCUT2D eigenvalue weighted by molar-refractivity contribution is -0.143. The van der Waals surface area contributed by atoms with Gasteiger partial charge in [-0.2, -0.15) is 0 Å². The Balaban J connectivity index is 1.64. The van der Waals surface area contributed by atoms with Gasteiger partial charge >= 0.3 is 5.97 Å². The zero-order valence-electron chi connectivity index (χ0n) is 17.4. The van der Waals surface area contributed by atoms with Crippen molar-refractivity contribution in [2.24, 2.45) is 5.92 Å². The third-order valence-corrected chi connectivity index (χ3v) is 6.11. The summed E-state index contributed by atoms with van der Waals surface area (Å²) in [6.45, 7) is 3.66. The molecule has 1 unspecified atom stereocenters. The van der Waals surface area contributed by atoms with E-state index in [1.165, 1.54) is 22.3 Å². The van der Waals surface area contributed by atoms with Gasteiger partial charge in [0, 0.05) is 6.20 Å². The number of hydrogen-bond acceptors (Lipinski definition) is 3. The summed E-state index contributed by atoms with van der Waals surface area (Å²) in [6.07, 6.45) is 4.29. The summed E-state index contributed by atoms with van der Waals surface area (Å²) in [5.74, 6) is -0.915. The van der Waals surface area contributed by atoms with Gasteiger partial charge in [-0.15, -0.1) is 0 Å². The number of nitrogens with zero attached hydrogens (tertiary/aromatic N) is 2. The Morgan fingerprint density at radius 3 is 2.23 bits per heavy atom. The van der Waals surface area contributed by atoms with Crippen LogP contribution in [0.15, 0.2) is 72.9 Å². The molecular formula is C26H28N2O2. The van der Waals surface area contributed by atoms with Gasteiger partial charge in [0.1, 0.15) is 0 Å². The van der Waals surface area contributed by atoms with E-state index in [9.17, 15) is 9.90 Å². The Morgan fingerprint density at radius 2 is 1.67 bits per heavy atom. The quantitative estimate of drug-likeness (QED) is 0.618. The van der Waals surface area contributed by atoms with Gasteiger partial charge in [0.15, 0.2) is 0 Å². The summed E-state index contributed by atoms with van der Waals surface area (Å²) in [6, 6.07) is 23.4. The molecule has 30 heavy (non-hydrogen) atoms. The van der Waals surface area contributed by atoms with Crippen LogP contribution < -0.4 is 0 Å². The lowest BCUT2D eigenvalue weighted by Crippen LogP contribution is -2.39. The first kappa shape index (κ1) is 20.3. The average Bonchev–Trinajstić information content (AvgIpc) is 2.81. The van der Waals surface area contributed by atoms with Crippen molar-refractivity contribution in [1.29, 1.82) is 0 Å². The fourth-order valence-corrected chi connectivity index (χ4v) is 4.27. The number of carboxylic acid groups (broad SMARTS) is 1. The average molecular weight is 401 g/mol. The molecule has 0 amide bonds. The Kier molecular flexibility index (Phi) is 6.24. The van der Waals surface area contributed by atoms with Crippen LogP contribution in [0.2, 0.25) is 0 Å². The summed E-state index contributed by atoms with van der Waals surface area (Å²) in [7, 11) is 0. The number of rotatable bonds is 6. The van der Waals surface area contributed by atoms with E-state index in [4.69, 9.17) is 4.98 Å². The van der Waals surface area contributed by atoms with Crippen molar-refractivity contribution >= 4 is 5.97 Å². The van der Waals surface area contributed by atoms with Gasteiger partial charge in [0.2, 0.25) is 0 Å². The largest absolute Gasteiger partial charge is 0.481 e. The number of aryl methyl sites for hydroxylation is 1. The highest BCUT2D eigenvalue weighted by atomic mass is 16.4. The molecule has 1 N–H and O–H groups in total. The van der Waals surface area contributed by atoms with Crippen LogP contribution in [0.1, 0.15) is 42.6 Å². The minimum Gasteiger partial charge on any atom is -0.481 e. The Hall–Kier alpha value is -2.98. The van der Waals surface area contributed by atoms with E-state index in [-0.39, 0.29) is 12.0 Å². The Bertz CT molecular complexity index is 960. The van der Waals surface area contributed by atoms with Crippen molar-refractivity contribution in [3.8, 4) is 11.1 Å². The van der Waals surface area contributed by atoms with Crippen LogP contribution >= 0.6 is 0 Å². The molecule has 2 aromatic carbocycles. The predicted octanol–water partition coefficient (Wildman–Crippen LogP) is 5.20. The SMILES string of the molecule is CCc1ccc(C(c2ccc(-c3ccccc3)cc2)N2CCC(C(=O)O)CC2)nc1. The van der Waals surface area contributed by atoms with E-state index >= 15 is 0 Å². The van der Waals surface area contributed by atoms with Gasteiger partial charge < -0.3 is 5.11 Å². The molecule has 4 nitrogen and oxygen atoms in total. The van der Waals surface area contributed by atoms with Crippen molar-refractivity contribution in [2.75, 3.05) is 13.1 Å². The molecule has 4 rings (SSSR count). The highest BCUT2D eigenvalue weighted by Crippen LogP contribution is 2.33. The molecule has 1 aromatic heterocycles. The van der Waals surface area contributed by atoms with E-state index in [1.807, 2.05) is 12.3 Å². The van der Waals surface area contributed by atoms with Crippen molar-refractivity contribution < 1.29 is 9.90 Å². The number of aliphatic carboxylic acids is 1. The summed E-state index contributed by atoms with van der Waals surface area (Å²) >= 11 is 0. The minimum atomic E-state index is -0.677. The second-order valence-electron chi connectivity index (χ2n) is 7.98. The third-order valence-electron chi connectivity index (χ3n) is 6.11. The number of aromatic nitrogens is 1. The second-order valence-corrected chi connectivity index (χ2v) is 7.98. The highest BCUT2D eigenvalue weighted by Gasteiger charge is 2.30. The van der Waals surface area contributed by atoms with Gasteiger partial charge in [0.25, 0.3) is 0 Å². The van der Waals surface area contributed by atoms with Gasteiger partial charge in [-0.25, -0.2) is 0 Å². The summed E-state index contributed by atoms with van der Waals surface area (Å²) in [5, 5.41) is 9.36. The van der Waals surface area contributed by atoms with Crippen LogP contribution in [0.4, 0.5) is 0 Å². The van der Waals surface area contributed by atoms with E-state index in [0.29, 0.717) is 12.8 Å². The fourth-order valence-electron chi connectivity index (χ4n) is 4.27. The lowest BCUT2D eigenvalue weighted by atomic mass is 9.92. The lowest BCUT2D eigenvalue weighted by Gasteiger charge is -2.36. The van der Waals surface area contributed by atoms with Gasteiger partial charge in [-0.05, 0) is 60.7 Å². The molecule has 0 radical (unpaired) electrons. The fraction of sp³-hybridized carbons (Fsp3) is 0.308.